The molecule has 0 amide bonds. The van der Waals surface area contributed by atoms with E-state index < -0.39 is 43.3 Å². The van der Waals surface area contributed by atoms with Crippen molar-refractivity contribution in [2.45, 2.75) is 25.2 Å². The summed E-state index contributed by atoms with van der Waals surface area (Å²) in [5.41, 5.74) is 0.110. The predicted octanol–water partition coefficient (Wildman–Crippen LogP) is -2.25. The second-order valence-electron chi connectivity index (χ2n) is 3.51. The van der Waals surface area contributed by atoms with E-state index in [-0.39, 0.29) is 5.57 Å². The molecule has 0 heterocycles. The van der Waals surface area contributed by atoms with Crippen LogP contribution in [0.2, 0.25) is 0 Å². The monoisotopic (exact) mass is 248 g/mol. The Morgan fingerprint density at radius 3 is 2.24 bits per heavy atom. The van der Waals surface area contributed by atoms with Crippen LogP contribution in [0.1, 0.15) is 6.92 Å². The third-order valence-corrected chi connectivity index (χ3v) is 1.94. The first kappa shape index (κ1) is 15.7. The van der Waals surface area contributed by atoms with E-state index in [4.69, 9.17) is 10.2 Å². The molecule has 0 spiro atoms. The molecule has 0 rings (SSSR count). The van der Waals surface area contributed by atoms with Crippen LogP contribution >= 0.6 is 0 Å². The number of aliphatic hydroxyl groups is 4. The Balaban J connectivity index is 4.22. The number of hydrogen-bond donors (Lipinski definition) is 4. The van der Waals surface area contributed by atoms with Crippen LogP contribution in [-0.4, -0.2) is 63.7 Å². The van der Waals surface area contributed by atoms with Crippen LogP contribution in [-0.2, 0) is 14.3 Å². The second kappa shape index (κ2) is 7.13. The molecule has 0 aliphatic rings. The maximum atomic E-state index is 10.9. The van der Waals surface area contributed by atoms with Crippen LogP contribution < -0.4 is 0 Å². The summed E-state index contributed by atoms with van der Waals surface area (Å²) in [7, 11) is 0. The van der Waals surface area contributed by atoms with Gasteiger partial charge in [0.05, 0.1) is 0 Å². The number of Topliss-reactive ketones (excluding diaryl/α,β-unsaturated/α-hetero) is 1. The highest BCUT2D eigenvalue weighted by molar-refractivity contribution is 5.87. The first-order chi connectivity index (χ1) is 7.81. The van der Waals surface area contributed by atoms with E-state index in [0.29, 0.717) is 0 Å². The van der Waals surface area contributed by atoms with Crippen molar-refractivity contribution in [1.29, 1.82) is 0 Å². The van der Waals surface area contributed by atoms with Crippen LogP contribution in [0.3, 0.4) is 0 Å². The van der Waals surface area contributed by atoms with Gasteiger partial charge in [-0.3, -0.25) is 4.79 Å². The highest BCUT2D eigenvalue weighted by Crippen LogP contribution is 2.03. The van der Waals surface area contributed by atoms with Gasteiger partial charge in [-0.25, -0.2) is 4.79 Å². The minimum absolute atomic E-state index is 0.110. The molecule has 4 N–H and O–H groups in total. The fraction of sp³-hybridized carbons (Fsp3) is 0.600. The molecule has 98 valence electrons. The lowest BCUT2D eigenvalue weighted by Crippen LogP contribution is -2.45. The van der Waals surface area contributed by atoms with Gasteiger partial charge in [0.2, 0.25) is 0 Å². The van der Waals surface area contributed by atoms with Gasteiger partial charge in [0.1, 0.15) is 31.5 Å². The fourth-order valence-electron chi connectivity index (χ4n) is 0.877. The van der Waals surface area contributed by atoms with Crippen molar-refractivity contribution < 1.29 is 34.8 Å². The van der Waals surface area contributed by atoms with Crippen molar-refractivity contribution >= 4 is 11.8 Å². The third-order valence-electron chi connectivity index (χ3n) is 1.94. The lowest BCUT2D eigenvalue weighted by atomic mass is 10.1. The Kier molecular flexibility index (Phi) is 6.59. The maximum Gasteiger partial charge on any atom is 0.333 e. The Bertz CT molecular complexity index is 299. The summed E-state index contributed by atoms with van der Waals surface area (Å²) in [6.07, 6.45) is -5.41. The van der Waals surface area contributed by atoms with Gasteiger partial charge in [-0.15, -0.1) is 0 Å². The quantitative estimate of drug-likeness (QED) is 0.296. The van der Waals surface area contributed by atoms with Gasteiger partial charge in [-0.2, -0.15) is 0 Å². The molecule has 0 aliphatic carbocycles. The molecule has 7 nitrogen and oxygen atoms in total. The van der Waals surface area contributed by atoms with Crippen LogP contribution in [0.4, 0.5) is 0 Å². The summed E-state index contributed by atoms with van der Waals surface area (Å²) in [6.45, 7) is 3.14. The number of aliphatic hydroxyl groups excluding tert-OH is 4. The zero-order valence-corrected chi connectivity index (χ0v) is 9.37. The van der Waals surface area contributed by atoms with E-state index in [0.717, 1.165) is 0 Å². The Hall–Kier alpha value is -1.28. The van der Waals surface area contributed by atoms with Gasteiger partial charge < -0.3 is 25.2 Å². The van der Waals surface area contributed by atoms with Crippen molar-refractivity contribution in [2.75, 3.05) is 13.2 Å². The average Bonchev–Trinajstić information content (AvgIpc) is 2.32. The zero-order chi connectivity index (χ0) is 13.6. The molecule has 0 bridgehead atoms. The van der Waals surface area contributed by atoms with E-state index >= 15 is 0 Å². The Morgan fingerprint density at radius 1 is 1.29 bits per heavy atom. The molecule has 7 heteroatoms. The predicted molar refractivity (Wildman–Crippen MR) is 55.9 cm³/mol. The van der Waals surface area contributed by atoms with Gasteiger partial charge in [0.15, 0.2) is 5.78 Å². The van der Waals surface area contributed by atoms with E-state index in [2.05, 4.69) is 11.3 Å². The first-order valence-corrected chi connectivity index (χ1v) is 4.81. The molecular formula is C10H16O7. The summed E-state index contributed by atoms with van der Waals surface area (Å²) in [5.74, 6) is -1.80. The third kappa shape index (κ3) is 5.05. The minimum atomic E-state index is -1.93. The molecule has 0 aromatic carbocycles. The number of esters is 1. The molecule has 0 aliphatic heterocycles. The molecular weight excluding hydrogens is 232 g/mol. The second-order valence-corrected chi connectivity index (χ2v) is 3.51. The van der Waals surface area contributed by atoms with Crippen LogP contribution in [0.15, 0.2) is 12.2 Å². The van der Waals surface area contributed by atoms with Crippen molar-refractivity contribution in [3.8, 4) is 0 Å². The SMILES string of the molecule is C=C(C)C(=O)OC[C@@H](O)[C@@H](O)[C@@H](O)C(=O)CO. The zero-order valence-electron chi connectivity index (χ0n) is 9.37. The number of ketones is 1. The number of carbonyl (C=O) groups is 2. The van der Waals surface area contributed by atoms with Crippen molar-refractivity contribution in [2.24, 2.45) is 0 Å². The highest BCUT2D eigenvalue weighted by atomic mass is 16.5. The number of rotatable bonds is 7. The Morgan fingerprint density at radius 2 is 1.82 bits per heavy atom. The van der Waals surface area contributed by atoms with Crippen LogP contribution in [0, 0.1) is 0 Å². The number of carbonyl (C=O) groups excluding carboxylic acids is 2. The molecule has 0 saturated heterocycles. The molecule has 0 saturated carbocycles. The first-order valence-electron chi connectivity index (χ1n) is 4.81. The molecule has 0 fully saturated rings. The summed E-state index contributed by atoms with van der Waals surface area (Å²) in [5, 5.41) is 36.2. The van der Waals surface area contributed by atoms with Crippen LogP contribution in [0.5, 0.6) is 0 Å². The topological polar surface area (TPSA) is 124 Å². The molecule has 0 unspecified atom stereocenters. The highest BCUT2D eigenvalue weighted by Gasteiger charge is 2.30. The fourth-order valence-corrected chi connectivity index (χ4v) is 0.877. The van der Waals surface area contributed by atoms with Crippen molar-refractivity contribution in [1.82, 2.24) is 0 Å². The minimum Gasteiger partial charge on any atom is -0.459 e. The van der Waals surface area contributed by atoms with Gasteiger partial charge in [0.25, 0.3) is 0 Å². The Labute approximate surface area is 97.9 Å². The summed E-state index contributed by atoms with van der Waals surface area (Å²) in [4.78, 5) is 21.8. The maximum absolute atomic E-state index is 10.9. The smallest absolute Gasteiger partial charge is 0.333 e. The lowest BCUT2D eigenvalue weighted by Gasteiger charge is -2.21. The number of ether oxygens (including phenoxy) is 1. The van der Waals surface area contributed by atoms with Gasteiger partial charge in [0, 0.05) is 5.57 Å². The normalized spacial score (nSPS) is 15.8. The average molecular weight is 248 g/mol. The largest absolute Gasteiger partial charge is 0.459 e. The molecule has 0 aromatic rings. The van der Waals surface area contributed by atoms with E-state index in [1.54, 1.807) is 0 Å². The van der Waals surface area contributed by atoms with Gasteiger partial charge >= 0.3 is 5.97 Å². The molecule has 0 aromatic heterocycles. The molecule has 0 radical (unpaired) electrons. The summed E-state index contributed by atoms with van der Waals surface area (Å²) < 4.78 is 4.52. The van der Waals surface area contributed by atoms with E-state index in [1.807, 2.05) is 0 Å². The van der Waals surface area contributed by atoms with Crippen molar-refractivity contribution in [3.63, 3.8) is 0 Å². The molecule has 3 atom stereocenters. The van der Waals surface area contributed by atoms with Crippen LogP contribution in [0.25, 0.3) is 0 Å². The summed E-state index contributed by atoms with van der Waals surface area (Å²) in [6, 6.07) is 0. The lowest BCUT2D eigenvalue weighted by molar-refractivity contribution is -0.151. The van der Waals surface area contributed by atoms with Gasteiger partial charge in [-0.1, -0.05) is 6.58 Å². The van der Waals surface area contributed by atoms with E-state index in [1.165, 1.54) is 6.92 Å². The standard InChI is InChI=1S/C10H16O7/c1-5(2)10(16)17-4-7(13)9(15)8(14)6(12)3-11/h7-9,11,13-15H,1,3-4H2,2H3/t7-,8+,9-/m1/s1. The van der Waals surface area contributed by atoms with Crippen molar-refractivity contribution in [3.05, 3.63) is 12.2 Å². The summed E-state index contributed by atoms with van der Waals surface area (Å²) >= 11 is 0. The molecule has 17 heavy (non-hydrogen) atoms. The van der Waals surface area contributed by atoms with E-state index in [9.17, 15) is 19.8 Å². The number of hydrogen-bond acceptors (Lipinski definition) is 7. The van der Waals surface area contributed by atoms with Gasteiger partial charge in [-0.05, 0) is 6.92 Å².